The van der Waals surface area contributed by atoms with Crippen molar-refractivity contribution in [1.82, 2.24) is 54.8 Å². The summed E-state index contributed by atoms with van der Waals surface area (Å²) in [6, 6.07) is 26.1. The van der Waals surface area contributed by atoms with Crippen molar-refractivity contribution in [2.45, 2.75) is 202 Å². The number of anilines is 5. The van der Waals surface area contributed by atoms with E-state index in [0.717, 1.165) is 182 Å². The zero-order valence-electron chi connectivity index (χ0n) is 71.5. The molecule has 127 heavy (non-hydrogen) atoms. The minimum atomic E-state index is -1.67. The molecule has 5 aromatic carbocycles. The zero-order chi connectivity index (χ0) is 87.1. The molecule has 660 valence electrons. The third kappa shape index (κ3) is 15.6. The predicted molar refractivity (Wildman–Crippen MR) is 478 cm³/mol. The summed E-state index contributed by atoms with van der Waals surface area (Å²) < 4.78 is 9.34. The van der Waals surface area contributed by atoms with Gasteiger partial charge in [0.2, 0.25) is 23.6 Å². The molecule has 6 saturated heterocycles. The van der Waals surface area contributed by atoms with Crippen LogP contribution in [0.15, 0.2) is 103 Å². The van der Waals surface area contributed by atoms with Gasteiger partial charge in [-0.2, -0.15) is 5.10 Å². The first kappa shape index (κ1) is 83.1. The lowest BCUT2D eigenvalue weighted by Gasteiger charge is -2.60. The maximum Gasteiger partial charge on any atom is 0.264 e. The maximum atomic E-state index is 15.1. The van der Waals surface area contributed by atoms with Gasteiger partial charge in [-0.15, -0.1) is 22.7 Å². The van der Waals surface area contributed by atoms with Gasteiger partial charge >= 0.3 is 0 Å². The Bertz CT molecular complexity index is 6000. The van der Waals surface area contributed by atoms with Crippen LogP contribution in [0.1, 0.15) is 249 Å². The number of imide groups is 4. The first-order valence-corrected chi connectivity index (χ1v) is 47.4. The molecule has 7 N–H and O–H groups in total. The van der Waals surface area contributed by atoms with Crippen molar-refractivity contribution < 1.29 is 62.9 Å². The molecule has 9 aromatic rings. The molecule has 4 unspecified atom stereocenters. The van der Waals surface area contributed by atoms with E-state index in [0.29, 0.717) is 119 Å². The van der Waals surface area contributed by atoms with Gasteiger partial charge in [0.1, 0.15) is 23.5 Å². The van der Waals surface area contributed by atoms with Gasteiger partial charge in [-0.1, -0.05) is 30.3 Å². The molecule has 10 amide bonds. The fourth-order valence-electron chi connectivity index (χ4n) is 23.2. The van der Waals surface area contributed by atoms with Crippen molar-refractivity contribution in [1.29, 1.82) is 0 Å². The summed E-state index contributed by atoms with van der Waals surface area (Å²) in [4.78, 5) is 161. The van der Waals surface area contributed by atoms with Crippen LogP contribution in [0.25, 0.3) is 26.1 Å². The van der Waals surface area contributed by atoms with Crippen molar-refractivity contribution in [3.8, 4) is 0 Å². The molecule has 4 aromatic heterocycles. The molecule has 3 saturated carbocycles. The highest BCUT2D eigenvalue weighted by molar-refractivity contribution is 7.19. The molecule has 9 aliphatic heterocycles. The van der Waals surface area contributed by atoms with E-state index in [9.17, 15) is 53.4 Å². The molecule has 2 bridgehead atoms. The molecule has 6 atom stereocenters. The Morgan fingerprint density at radius 2 is 1.14 bits per heavy atom. The normalized spacial score (nSPS) is 25.5. The van der Waals surface area contributed by atoms with E-state index in [-0.39, 0.29) is 96.2 Å². The number of benzene rings is 5. The van der Waals surface area contributed by atoms with Gasteiger partial charge in [0, 0.05) is 117 Å². The number of likely N-dealkylation sites (tertiary alicyclic amines) is 2. The minimum Gasteiger partial charge on any atom is -0.385 e. The summed E-state index contributed by atoms with van der Waals surface area (Å²) >= 11 is 3.30. The number of piperidine rings is 3. The van der Waals surface area contributed by atoms with E-state index < -0.39 is 76.5 Å². The highest BCUT2D eigenvalue weighted by Gasteiger charge is 2.53. The van der Waals surface area contributed by atoms with Crippen LogP contribution in [-0.4, -0.2) is 210 Å². The van der Waals surface area contributed by atoms with Crippen LogP contribution in [0, 0.1) is 29.1 Å². The molecule has 12 aliphatic rings. The predicted octanol–water partition coefficient (Wildman–Crippen LogP) is 12.1. The van der Waals surface area contributed by atoms with Crippen molar-refractivity contribution in [2.75, 3.05) is 97.8 Å². The monoisotopic (exact) mass is 1750 g/mol. The van der Waals surface area contributed by atoms with E-state index in [2.05, 4.69) is 52.4 Å². The molecular formula is C96H106N16O13S2. The number of hydrogen-bond donors (Lipinski definition) is 7. The molecule has 0 radical (unpaired) electrons. The van der Waals surface area contributed by atoms with Gasteiger partial charge in [-0.25, -0.2) is 19.5 Å². The topological polar surface area (TPSA) is 356 Å². The Balaban J connectivity index is 0.470. The molecule has 31 heteroatoms. The molecule has 29 nitrogen and oxygen atoms in total. The Morgan fingerprint density at radius 3 is 1.73 bits per heavy atom. The third-order valence-corrected chi connectivity index (χ3v) is 32.5. The number of morpholine rings is 1. The molecular weight excluding hydrogens is 1650 g/mol. The van der Waals surface area contributed by atoms with Crippen LogP contribution >= 0.6 is 22.7 Å². The number of nitrogens with one attached hydrogen (secondary N) is 5. The fourth-order valence-corrected chi connectivity index (χ4v) is 25.5. The van der Waals surface area contributed by atoms with E-state index >= 15 is 4.79 Å². The van der Waals surface area contributed by atoms with Gasteiger partial charge in [0.05, 0.1) is 94.5 Å². The summed E-state index contributed by atoms with van der Waals surface area (Å²) in [7, 11) is 0. The van der Waals surface area contributed by atoms with E-state index in [1.165, 1.54) is 6.20 Å². The number of ether oxygens (including phenoxy) is 1. The maximum absolute atomic E-state index is 15.1. The number of nitrogens with zero attached hydrogens (tertiary/aromatic N) is 11. The van der Waals surface area contributed by atoms with Crippen LogP contribution in [-0.2, 0) is 41.5 Å². The average Bonchev–Trinajstić information content (AvgIpc) is 1.74. The van der Waals surface area contributed by atoms with Crippen LogP contribution in [0.2, 0.25) is 0 Å². The Labute approximate surface area is 742 Å². The summed E-state index contributed by atoms with van der Waals surface area (Å²) in [6.45, 7) is 12.8. The fraction of sp³-hybridized carbons (Fsp3) is 0.500. The number of amides is 10. The van der Waals surface area contributed by atoms with Crippen LogP contribution in [0.4, 0.5) is 28.6 Å². The third-order valence-electron chi connectivity index (χ3n) is 30.1. The van der Waals surface area contributed by atoms with Crippen LogP contribution in [0.5, 0.6) is 0 Å². The Hall–Kier alpha value is -10.8. The van der Waals surface area contributed by atoms with Crippen molar-refractivity contribution in [2.24, 2.45) is 29.1 Å². The Morgan fingerprint density at radius 1 is 0.575 bits per heavy atom. The Kier molecular flexibility index (Phi) is 21.6. The number of aromatic nitrogens is 5. The van der Waals surface area contributed by atoms with Gasteiger partial charge < -0.3 is 50.5 Å². The van der Waals surface area contributed by atoms with Crippen molar-refractivity contribution in [3.05, 3.63) is 163 Å². The highest BCUT2D eigenvalue weighted by atomic mass is 32.1. The van der Waals surface area contributed by atoms with Crippen molar-refractivity contribution in [3.63, 3.8) is 0 Å². The van der Waals surface area contributed by atoms with Gasteiger partial charge in [-0.3, -0.25) is 68.4 Å². The quantitative estimate of drug-likeness (QED) is 0.0261. The number of thiazole rings is 2. The number of aliphatic hydroxyl groups is 2. The second kappa shape index (κ2) is 33.1. The minimum absolute atomic E-state index is 0.0361. The zero-order valence-corrected chi connectivity index (χ0v) is 73.2. The largest absolute Gasteiger partial charge is 0.385 e. The van der Waals surface area contributed by atoms with E-state index in [1.807, 2.05) is 65.7 Å². The lowest BCUT2D eigenvalue weighted by atomic mass is 9.57. The van der Waals surface area contributed by atoms with Crippen molar-refractivity contribution >= 4 is 136 Å². The summed E-state index contributed by atoms with van der Waals surface area (Å²) in [5, 5.41) is 48.0. The summed E-state index contributed by atoms with van der Waals surface area (Å²) in [6.07, 6.45) is 20.0. The van der Waals surface area contributed by atoms with Gasteiger partial charge in [-0.05, 0) is 251 Å². The number of hydrogen-bond acceptors (Lipinski definition) is 24. The average molecular weight is 1760 g/mol. The number of rotatable bonds is 25. The second-order valence-corrected chi connectivity index (χ2v) is 40.8. The number of carbonyl (C=O) groups excluding carboxylic acids is 10. The van der Waals surface area contributed by atoms with E-state index in [4.69, 9.17) is 19.7 Å². The smallest absolute Gasteiger partial charge is 0.264 e. The molecule has 1 spiro atoms. The first-order chi connectivity index (χ1) is 61.4. The van der Waals surface area contributed by atoms with Gasteiger partial charge in [0.15, 0.2) is 5.65 Å². The molecule has 3 aliphatic carbocycles. The molecule has 13 heterocycles. The first-order valence-electron chi connectivity index (χ1n) is 45.8. The summed E-state index contributed by atoms with van der Waals surface area (Å²) in [5.74, 6) is -1.32. The van der Waals surface area contributed by atoms with E-state index in [1.54, 1.807) is 71.4 Å². The number of carbonyl (C=O) groups is 10. The lowest BCUT2D eigenvalue weighted by Crippen LogP contribution is -2.63. The second-order valence-electron chi connectivity index (χ2n) is 38.7. The van der Waals surface area contributed by atoms with Gasteiger partial charge in [0.25, 0.3) is 35.4 Å². The highest BCUT2D eigenvalue weighted by Crippen LogP contribution is 2.55. The SMILES string of the molecule is CC(O)(CCC(C)(O)c1cc2nc([C@H]3CC[C@H](CN4CC5(CC(CCNc6cccc7c6C(=O)N(C6CCC(=O)NC6=O)C7=O)C5)C4)CC3)sc2cc1N1CCc2ccccc2C1=O)c1cc2nc([C@H]3CC[C@H](CN4CCC(CCNc5cccc6c5C(=O)N(C5CCC(=O)NC5=O)C6=O)CC4)CC3)sc2cc1NC(=O)c1cnn2ccc(N3C[C@H]4C[C@@H]3CO4)nc12. The van der Waals surface area contributed by atoms with Crippen LogP contribution in [0.3, 0.4) is 0 Å². The standard InChI is InChI=1S/C96H106N16O13S2/c1-94(123,31-32-95(2,124)67-41-72-77(43-75(67)108-37-29-57-7-3-4-8-62(57)89(108)118)127-88(102-72)59-19-15-55(16-20-59)48-107-51-96(52-107)44-56(45-96)26-34-98-69-12-6-10-64-82(69)93(122)112(91(64)120)74-22-24-80(114)105-86(74)117)66-40-71-76(42-70(66)100-84(115)65-46-99-110-38-30-78(103-83(65)110)109-49-61-39-60(109)50-125-61)126-87(101-71)58-17-13-54(14-18-58)47-106-35-27-53(28-36-106)25-33-97-68-11-5-9-63-81(68)92(121)111(90(63)119)73-21-23-79(113)104-85(73)116/h3-12,30,38,40-43,46,53-56,58-61,73-74,97-98,123-124H,13-29,31-37,39,44-45,47-52H2,1-2H3,(H,100,115)(H,104,113,116)(H,105,114,117)/t54-,55-,58-,59-,60-,61-,73?,74?,94?,95?/m1/s1. The van der Waals surface area contributed by atoms with Crippen LogP contribution < -0.4 is 36.4 Å². The lowest BCUT2D eigenvalue weighted by molar-refractivity contribution is -0.137. The summed E-state index contributed by atoms with van der Waals surface area (Å²) in [5.41, 5.74) is 5.04. The number of fused-ring (bicyclic) bond motifs is 8. The molecule has 21 rings (SSSR count). The molecule has 9 fully saturated rings.